The Hall–Kier alpha value is -1.61. The van der Waals surface area contributed by atoms with E-state index < -0.39 is 0 Å². The molecule has 1 aromatic carbocycles. The van der Waals surface area contributed by atoms with E-state index in [9.17, 15) is 0 Å². The average Bonchev–Trinajstić information content (AvgIpc) is 2.72. The maximum absolute atomic E-state index is 5.62. The standard InChI is InChI=1S/C13H17N3/c1-3-12-8-11(9-14)15-16(12)13-6-4-5-10(2)7-13/h4-8H,3,9,14H2,1-2H3. The first-order valence-corrected chi connectivity index (χ1v) is 5.59. The third-order valence-corrected chi connectivity index (χ3v) is 2.65. The van der Waals surface area contributed by atoms with E-state index in [0.29, 0.717) is 6.54 Å². The summed E-state index contributed by atoms with van der Waals surface area (Å²) in [6, 6.07) is 10.4. The lowest BCUT2D eigenvalue weighted by molar-refractivity contribution is 0.790. The average molecular weight is 215 g/mol. The molecule has 0 unspecified atom stereocenters. The zero-order valence-electron chi connectivity index (χ0n) is 9.77. The molecule has 0 amide bonds. The van der Waals surface area contributed by atoms with Gasteiger partial charge < -0.3 is 5.73 Å². The molecule has 0 aliphatic heterocycles. The zero-order valence-corrected chi connectivity index (χ0v) is 9.77. The third-order valence-electron chi connectivity index (χ3n) is 2.65. The van der Waals surface area contributed by atoms with Crippen LogP contribution in [-0.4, -0.2) is 9.78 Å². The highest BCUT2D eigenvalue weighted by atomic mass is 15.3. The molecule has 1 aromatic heterocycles. The minimum atomic E-state index is 0.492. The molecule has 3 nitrogen and oxygen atoms in total. The van der Waals surface area contributed by atoms with Crippen LogP contribution in [0.2, 0.25) is 0 Å². The molecule has 0 atom stereocenters. The summed E-state index contributed by atoms with van der Waals surface area (Å²) in [7, 11) is 0. The van der Waals surface area contributed by atoms with Crippen molar-refractivity contribution in [1.82, 2.24) is 9.78 Å². The molecule has 0 saturated heterocycles. The van der Waals surface area contributed by atoms with Gasteiger partial charge in [0.2, 0.25) is 0 Å². The molecule has 0 aliphatic carbocycles. The van der Waals surface area contributed by atoms with Crippen molar-refractivity contribution in [3.63, 3.8) is 0 Å². The molecular weight excluding hydrogens is 198 g/mol. The monoisotopic (exact) mass is 215 g/mol. The normalized spacial score (nSPS) is 10.7. The molecule has 0 spiro atoms. The number of nitrogens with zero attached hydrogens (tertiary/aromatic N) is 2. The number of nitrogens with two attached hydrogens (primary N) is 1. The lowest BCUT2D eigenvalue weighted by Crippen LogP contribution is -2.03. The maximum atomic E-state index is 5.62. The first-order chi connectivity index (χ1) is 7.74. The summed E-state index contributed by atoms with van der Waals surface area (Å²) in [6.07, 6.45) is 0.959. The second kappa shape index (κ2) is 4.49. The van der Waals surface area contributed by atoms with Crippen molar-refractivity contribution in [2.75, 3.05) is 0 Å². The fraction of sp³-hybridized carbons (Fsp3) is 0.308. The molecule has 84 valence electrons. The molecule has 1 heterocycles. The van der Waals surface area contributed by atoms with Gasteiger partial charge in [-0.2, -0.15) is 5.10 Å². The molecule has 0 fully saturated rings. The van der Waals surface area contributed by atoms with Gasteiger partial charge >= 0.3 is 0 Å². The zero-order chi connectivity index (χ0) is 11.5. The van der Waals surface area contributed by atoms with Crippen molar-refractivity contribution in [2.45, 2.75) is 26.8 Å². The van der Waals surface area contributed by atoms with Gasteiger partial charge in [-0.25, -0.2) is 4.68 Å². The smallest absolute Gasteiger partial charge is 0.0767 e. The second-order valence-electron chi connectivity index (χ2n) is 3.94. The van der Waals surface area contributed by atoms with Crippen LogP contribution in [0.4, 0.5) is 0 Å². The number of aryl methyl sites for hydroxylation is 2. The van der Waals surface area contributed by atoms with Crippen LogP contribution in [0.15, 0.2) is 30.3 Å². The highest BCUT2D eigenvalue weighted by Gasteiger charge is 2.06. The first kappa shape index (κ1) is 10.9. The fourth-order valence-corrected chi connectivity index (χ4v) is 1.81. The van der Waals surface area contributed by atoms with E-state index >= 15 is 0 Å². The largest absolute Gasteiger partial charge is 0.325 e. The predicted octanol–water partition coefficient (Wildman–Crippen LogP) is 2.20. The van der Waals surface area contributed by atoms with Gasteiger partial charge in [-0.05, 0) is 37.1 Å². The number of hydrogen-bond donors (Lipinski definition) is 1. The van der Waals surface area contributed by atoms with Gasteiger partial charge in [0.15, 0.2) is 0 Å². The molecule has 2 rings (SSSR count). The Bertz CT molecular complexity index is 486. The number of benzene rings is 1. The van der Waals surface area contributed by atoms with Gasteiger partial charge in [0.1, 0.15) is 0 Å². The van der Waals surface area contributed by atoms with Crippen molar-refractivity contribution in [2.24, 2.45) is 5.73 Å². The van der Waals surface area contributed by atoms with Crippen LogP contribution < -0.4 is 5.73 Å². The maximum Gasteiger partial charge on any atom is 0.0767 e. The summed E-state index contributed by atoms with van der Waals surface area (Å²) in [4.78, 5) is 0. The topological polar surface area (TPSA) is 43.8 Å². The summed E-state index contributed by atoms with van der Waals surface area (Å²) in [6.45, 7) is 4.71. The van der Waals surface area contributed by atoms with Crippen molar-refractivity contribution < 1.29 is 0 Å². The van der Waals surface area contributed by atoms with Gasteiger partial charge in [0.25, 0.3) is 0 Å². The van der Waals surface area contributed by atoms with Crippen molar-refractivity contribution in [3.8, 4) is 5.69 Å². The summed E-state index contributed by atoms with van der Waals surface area (Å²) in [5.41, 5.74) is 10.1. The molecule has 2 aromatic rings. The summed E-state index contributed by atoms with van der Waals surface area (Å²) < 4.78 is 1.98. The van der Waals surface area contributed by atoms with Crippen LogP contribution in [-0.2, 0) is 13.0 Å². The molecule has 16 heavy (non-hydrogen) atoms. The minimum Gasteiger partial charge on any atom is -0.325 e. The Balaban J connectivity index is 2.50. The number of rotatable bonds is 3. The van der Waals surface area contributed by atoms with Gasteiger partial charge in [-0.15, -0.1) is 0 Å². The predicted molar refractivity (Wildman–Crippen MR) is 65.6 cm³/mol. The lowest BCUT2D eigenvalue weighted by Gasteiger charge is -2.06. The Morgan fingerprint density at radius 1 is 1.31 bits per heavy atom. The Kier molecular flexibility index (Phi) is 3.06. The molecule has 0 radical (unpaired) electrons. The lowest BCUT2D eigenvalue weighted by atomic mass is 10.2. The van der Waals surface area contributed by atoms with Gasteiger partial charge in [-0.1, -0.05) is 19.1 Å². The molecule has 0 bridgehead atoms. The number of hydrogen-bond acceptors (Lipinski definition) is 2. The summed E-state index contributed by atoms with van der Waals surface area (Å²) in [5.74, 6) is 0. The van der Waals surface area contributed by atoms with Crippen molar-refractivity contribution in [3.05, 3.63) is 47.3 Å². The third kappa shape index (κ3) is 1.99. The van der Waals surface area contributed by atoms with Crippen molar-refractivity contribution >= 4 is 0 Å². The van der Waals surface area contributed by atoms with E-state index in [1.54, 1.807) is 0 Å². The molecule has 2 N–H and O–H groups in total. The van der Waals surface area contributed by atoms with Crippen molar-refractivity contribution in [1.29, 1.82) is 0 Å². The Labute approximate surface area is 95.9 Å². The van der Waals surface area contributed by atoms with E-state index in [1.165, 1.54) is 11.3 Å². The first-order valence-electron chi connectivity index (χ1n) is 5.59. The van der Waals surface area contributed by atoms with E-state index in [2.05, 4.69) is 43.2 Å². The van der Waals surface area contributed by atoms with Crippen LogP contribution in [0.1, 0.15) is 23.9 Å². The number of aromatic nitrogens is 2. The fourth-order valence-electron chi connectivity index (χ4n) is 1.81. The van der Waals surface area contributed by atoms with Crippen LogP contribution >= 0.6 is 0 Å². The van der Waals surface area contributed by atoms with E-state index in [4.69, 9.17) is 5.73 Å². The minimum absolute atomic E-state index is 0.492. The van der Waals surface area contributed by atoms with Crippen LogP contribution in [0, 0.1) is 6.92 Å². The van der Waals surface area contributed by atoms with Gasteiger partial charge in [0, 0.05) is 12.2 Å². The van der Waals surface area contributed by atoms with Gasteiger partial charge in [0.05, 0.1) is 11.4 Å². The van der Waals surface area contributed by atoms with Crippen LogP contribution in [0.5, 0.6) is 0 Å². The highest BCUT2D eigenvalue weighted by Crippen LogP contribution is 2.14. The highest BCUT2D eigenvalue weighted by molar-refractivity contribution is 5.36. The summed E-state index contributed by atoms with van der Waals surface area (Å²) in [5, 5.41) is 4.50. The molecular formula is C13H17N3. The Morgan fingerprint density at radius 3 is 2.75 bits per heavy atom. The van der Waals surface area contributed by atoms with E-state index in [0.717, 1.165) is 17.8 Å². The van der Waals surface area contributed by atoms with E-state index in [1.807, 2.05) is 10.7 Å². The van der Waals surface area contributed by atoms with Crippen LogP contribution in [0.25, 0.3) is 5.69 Å². The molecule has 0 saturated carbocycles. The second-order valence-corrected chi connectivity index (χ2v) is 3.94. The molecule has 3 heteroatoms. The quantitative estimate of drug-likeness (QED) is 0.853. The molecule has 0 aliphatic rings. The summed E-state index contributed by atoms with van der Waals surface area (Å²) >= 11 is 0. The van der Waals surface area contributed by atoms with E-state index in [-0.39, 0.29) is 0 Å². The Morgan fingerprint density at radius 2 is 2.12 bits per heavy atom. The SMILES string of the molecule is CCc1cc(CN)nn1-c1cccc(C)c1. The van der Waals surface area contributed by atoms with Gasteiger partial charge in [-0.3, -0.25) is 0 Å². The van der Waals surface area contributed by atoms with Crippen LogP contribution in [0.3, 0.4) is 0 Å².